The minimum Gasteiger partial charge on any atom is -0.395 e. The SMILES string of the molecule is CC1CN(CCO)CCN1c1ncncc1Br. The largest absolute Gasteiger partial charge is 0.395 e. The maximum absolute atomic E-state index is 8.95. The van der Waals surface area contributed by atoms with Gasteiger partial charge in [0.25, 0.3) is 0 Å². The Kier molecular flexibility index (Phi) is 4.31. The Morgan fingerprint density at radius 1 is 1.53 bits per heavy atom. The highest BCUT2D eigenvalue weighted by molar-refractivity contribution is 9.10. The van der Waals surface area contributed by atoms with E-state index in [2.05, 4.69) is 42.6 Å². The van der Waals surface area contributed by atoms with Crippen molar-refractivity contribution in [3.8, 4) is 0 Å². The highest BCUT2D eigenvalue weighted by Crippen LogP contribution is 2.25. The van der Waals surface area contributed by atoms with Crippen LogP contribution < -0.4 is 4.90 Å². The van der Waals surface area contributed by atoms with Gasteiger partial charge in [0, 0.05) is 38.4 Å². The summed E-state index contributed by atoms with van der Waals surface area (Å²) >= 11 is 3.48. The van der Waals surface area contributed by atoms with Crippen LogP contribution in [0.4, 0.5) is 5.82 Å². The lowest BCUT2D eigenvalue weighted by Crippen LogP contribution is -2.52. The van der Waals surface area contributed by atoms with Gasteiger partial charge in [0.05, 0.1) is 11.1 Å². The third-order valence-electron chi connectivity index (χ3n) is 3.05. The predicted molar refractivity (Wildman–Crippen MR) is 70.1 cm³/mol. The number of anilines is 1. The number of hydrogen-bond acceptors (Lipinski definition) is 5. The number of halogens is 1. The van der Waals surface area contributed by atoms with Gasteiger partial charge in [-0.05, 0) is 22.9 Å². The van der Waals surface area contributed by atoms with Gasteiger partial charge >= 0.3 is 0 Å². The molecule has 1 fully saturated rings. The van der Waals surface area contributed by atoms with Gasteiger partial charge in [0.15, 0.2) is 0 Å². The highest BCUT2D eigenvalue weighted by Gasteiger charge is 2.25. The molecule has 1 aliphatic rings. The molecule has 2 heterocycles. The Balaban J connectivity index is 2.07. The molecule has 2 rings (SSSR count). The summed E-state index contributed by atoms with van der Waals surface area (Å²) < 4.78 is 0.933. The van der Waals surface area contributed by atoms with Gasteiger partial charge in [-0.25, -0.2) is 9.97 Å². The molecule has 0 amide bonds. The van der Waals surface area contributed by atoms with Gasteiger partial charge in [-0.1, -0.05) is 0 Å². The van der Waals surface area contributed by atoms with E-state index < -0.39 is 0 Å². The first-order valence-corrected chi connectivity index (χ1v) is 6.57. The maximum Gasteiger partial charge on any atom is 0.146 e. The Labute approximate surface area is 110 Å². The number of rotatable bonds is 3. The zero-order valence-corrected chi connectivity index (χ0v) is 11.5. The Bertz CT molecular complexity index is 376. The second kappa shape index (κ2) is 5.75. The number of aliphatic hydroxyl groups is 1. The van der Waals surface area contributed by atoms with Crippen LogP contribution in [0.15, 0.2) is 17.0 Å². The van der Waals surface area contributed by atoms with Crippen molar-refractivity contribution in [2.24, 2.45) is 0 Å². The smallest absolute Gasteiger partial charge is 0.146 e. The van der Waals surface area contributed by atoms with Gasteiger partial charge in [-0.2, -0.15) is 0 Å². The molecule has 0 aromatic carbocycles. The minimum atomic E-state index is 0.226. The van der Waals surface area contributed by atoms with Crippen molar-refractivity contribution in [2.45, 2.75) is 13.0 Å². The normalized spacial score (nSPS) is 21.8. The first kappa shape index (κ1) is 12.7. The molecule has 1 atom stereocenters. The van der Waals surface area contributed by atoms with Crippen LogP contribution in [-0.2, 0) is 0 Å². The van der Waals surface area contributed by atoms with E-state index in [0.29, 0.717) is 6.04 Å². The van der Waals surface area contributed by atoms with E-state index in [1.54, 1.807) is 12.5 Å². The molecule has 1 N–H and O–H groups in total. The minimum absolute atomic E-state index is 0.226. The second-order valence-electron chi connectivity index (χ2n) is 4.26. The molecule has 0 saturated carbocycles. The molecule has 0 spiro atoms. The Morgan fingerprint density at radius 2 is 2.35 bits per heavy atom. The Hall–Kier alpha value is -0.720. The van der Waals surface area contributed by atoms with Gasteiger partial charge in [-0.3, -0.25) is 4.90 Å². The molecular formula is C11H17BrN4O. The van der Waals surface area contributed by atoms with Gasteiger partial charge < -0.3 is 10.0 Å². The lowest BCUT2D eigenvalue weighted by Gasteiger charge is -2.40. The summed E-state index contributed by atoms with van der Waals surface area (Å²) in [6.07, 6.45) is 3.35. The average molecular weight is 301 g/mol. The van der Waals surface area contributed by atoms with E-state index in [4.69, 9.17) is 5.11 Å². The molecule has 0 radical (unpaired) electrons. The first-order valence-electron chi connectivity index (χ1n) is 5.77. The number of piperazine rings is 1. The van der Waals surface area contributed by atoms with E-state index >= 15 is 0 Å². The molecule has 6 heteroatoms. The van der Waals surface area contributed by atoms with Crippen LogP contribution >= 0.6 is 15.9 Å². The van der Waals surface area contributed by atoms with Crippen molar-refractivity contribution in [1.29, 1.82) is 0 Å². The van der Waals surface area contributed by atoms with Crippen molar-refractivity contribution < 1.29 is 5.11 Å². The van der Waals surface area contributed by atoms with Crippen LogP contribution in [0, 0.1) is 0 Å². The van der Waals surface area contributed by atoms with E-state index in [-0.39, 0.29) is 6.61 Å². The van der Waals surface area contributed by atoms with Crippen LogP contribution in [-0.4, -0.2) is 58.8 Å². The molecular weight excluding hydrogens is 284 g/mol. The van der Waals surface area contributed by atoms with Gasteiger partial charge in [0.1, 0.15) is 12.1 Å². The van der Waals surface area contributed by atoms with Crippen molar-refractivity contribution in [3.63, 3.8) is 0 Å². The number of aliphatic hydroxyl groups excluding tert-OH is 1. The molecule has 0 bridgehead atoms. The standard InChI is InChI=1S/C11H17BrN4O/c1-9-7-15(4-5-17)2-3-16(9)11-10(12)6-13-8-14-11/h6,8-9,17H,2-5,7H2,1H3. The summed E-state index contributed by atoms with van der Waals surface area (Å²) in [5.74, 6) is 0.955. The van der Waals surface area contributed by atoms with E-state index in [1.165, 1.54) is 0 Å². The summed E-state index contributed by atoms with van der Waals surface area (Å²) in [7, 11) is 0. The van der Waals surface area contributed by atoms with Crippen LogP contribution in [0.5, 0.6) is 0 Å². The van der Waals surface area contributed by atoms with Crippen LogP contribution in [0.25, 0.3) is 0 Å². The fourth-order valence-electron chi connectivity index (χ4n) is 2.21. The average Bonchev–Trinajstić information content (AvgIpc) is 2.31. The molecule has 1 unspecified atom stereocenters. The fourth-order valence-corrected chi connectivity index (χ4v) is 2.66. The van der Waals surface area contributed by atoms with Crippen molar-refractivity contribution in [2.75, 3.05) is 37.7 Å². The molecule has 1 aromatic rings. The molecule has 1 saturated heterocycles. The summed E-state index contributed by atoms with van der Waals surface area (Å²) in [6, 6.07) is 0.390. The lowest BCUT2D eigenvalue weighted by molar-refractivity contribution is 0.173. The summed E-state index contributed by atoms with van der Waals surface area (Å²) in [5, 5.41) is 8.95. The van der Waals surface area contributed by atoms with Crippen molar-refractivity contribution in [1.82, 2.24) is 14.9 Å². The molecule has 1 aromatic heterocycles. The third-order valence-corrected chi connectivity index (χ3v) is 3.61. The summed E-state index contributed by atoms with van der Waals surface area (Å²) in [4.78, 5) is 12.9. The predicted octanol–water partition coefficient (Wildman–Crippen LogP) is 0.742. The summed E-state index contributed by atoms with van der Waals surface area (Å²) in [5.41, 5.74) is 0. The molecule has 1 aliphatic heterocycles. The zero-order valence-electron chi connectivity index (χ0n) is 9.88. The number of nitrogens with zero attached hydrogens (tertiary/aromatic N) is 4. The molecule has 5 nitrogen and oxygen atoms in total. The molecule has 17 heavy (non-hydrogen) atoms. The first-order chi connectivity index (χ1) is 8.22. The monoisotopic (exact) mass is 300 g/mol. The van der Waals surface area contributed by atoms with Gasteiger partial charge in [0.2, 0.25) is 0 Å². The number of hydrogen-bond donors (Lipinski definition) is 1. The molecule has 94 valence electrons. The topological polar surface area (TPSA) is 52.5 Å². The number of β-amino-alcohol motifs (C(OH)–C–C–N with tert-alkyl or cyclic N) is 1. The van der Waals surface area contributed by atoms with E-state index in [1.807, 2.05) is 0 Å². The summed E-state index contributed by atoms with van der Waals surface area (Å²) in [6.45, 7) is 6.00. The van der Waals surface area contributed by atoms with E-state index in [9.17, 15) is 0 Å². The fraction of sp³-hybridized carbons (Fsp3) is 0.636. The maximum atomic E-state index is 8.95. The number of aromatic nitrogens is 2. The molecule has 0 aliphatic carbocycles. The van der Waals surface area contributed by atoms with Crippen LogP contribution in [0.2, 0.25) is 0 Å². The van der Waals surface area contributed by atoms with Crippen LogP contribution in [0.3, 0.4) is 0 Å². The van der Waals surface area contributed by atoms with Crippen molar-refractivity contribution >= 4 is 21.7 Å². The second-order valence-corrected chi connectivity index (χ2v) is 5.12. The van der Waals surface area contributed by atoms with Crippen LogP contribution in [0.1, 0.15) is 6.92 Å². The quantitative estimate of drug-likeness (QED) is 0.892. The third kappa shape index (κ3) is 2.94. The highest BCUT2D eigenvalue weighted by atomic mass is 79.9. The zero-order chi connectivity index (χ0) is 12.3. The van der Waals surface area contributed by atoms with E-state index in [0.717, 1.165) is 36.5 Å². The van der Waals surface area contributed by atoms with Gasteiger partial charge in [-0.15, -0.1) is 0 Å². The Morgan fingerprint density at radius 3 is 3.00 bits per heavy atom. The van der Waals surface area contributed by atoms with Crippen molar-refractivity contribution in [3.05, 3.63) is 17.0 Å². The lowest BCUT2D eigenvalue weighted by atomic mass is 10.2.